The molecule has 96 valence electrons. The van der Waals surface area contributed by atoms with Crippen molar-refractivity contribution in [2.45, 2.75) is 25.1 Å². The van der Waals surface area contributed by atoms with Gasteiger partial charge in [-0.1, -0.05) is 11.3 Å². The van der Waals surface area contributed by atoms with Crippen molar-refractivity contribution in [1.29, 1.82) is 0 Å². The number of hydrogen-bond acceptors (Lipinski definition) is 7. The topological polar surface area (TPSA) is 78.5 Å². The molecule has 2 atom stereocenters. The van der Waals surface area contributed by atoms with Gasteiger partial charge in [0.05, 0.1) is 12.6 Å². The Balaban J connectivity index is 1.98. The molecule has 2 rings (SSSR count). The second kappa shape index (κ2) is 5.26. The molecule has 7 heteroatoms. The van der Waals surface area contributed by atoms with Crippen molar-refractivity contribution >= 4 is 16.5 Å². The van der Waals surface area contributed by atoms with Gasteiger partial charge in [0.15, 0.2) is 0 Å². The lowest BCUT2D eigenvalue weighted by Crippen LogP contribution is -2.37. The molecule has 2 heterocycles. The highest BCUT2D eigenvalue weighted by Gasteiger charge is 2.31. The SMILES string of the molecule is CN(C)CC1CC(O)CN1Cc1nnc(N)s1. The highest BCUT2D eigenvalue weighted by Crippen LogP contribution is 2.22. The van der Waals surface area contributed by atoms with Gasteiger partial charge in [0, 0.05) is 19.1 Å². The van der Waals surface area contributed by atoms with Gasteiger partial charge in [0.2, 0.25) is 5.13 Å². The Morgan fingerprint density at radius 3 is 2.88 bits per heavy atom. The molecule has 0 radical (unpaired) electrons. The zero-order chi connectivity index (χ0) is 12.4. The zero-order valence-corrected chi connectivity index (χ0v) is 11.0. The second-order valence-corrected chi connectivity index (χ2v) is 5.86. The number of anilines is 1. The van der Waals surface area contributed by atoms with Crippen molar-refractivity contribution < 1.29 is 5.11 Å². The maximum Gasteiger partial charge on any atom is 0.203 e. The van der Waals surface area contributed by atoms with Gasteiger partial charge in [-0.2, -0.15) is 0 Å². The molecule has 17 heavy (non-hydrogen) atoms. The third kappa shape index (κ3) is 3.35. The van der Waals surface area contributed by atoms with Gasteiger partial charge in [0.25, 0.3) is 0 Å². The van der Waals surface area contributed by atoms with E-state index in [9.17, 15) is 5.11 Å². The maximum absolute atomic E-state index is 9.75. The summed E-state index contributed by atoms with van der Waals surface area (Å²) in [6, 6.07) is 0.380. The van der Waals surface area contributed by atoms with Crippen molar-refractivity contribution in [3.8, 4) is 0 Å². The van der Waals surface area contributed by atoms with E-state index >= 15 is 0 Å². The second-order valence-electron chi connectivity index (χ2n) is 4.77. The minimum Gasteiger partial charge on any atom is -0.392 e. The fraction of sp³-hybridized carbons (Fsp3) is 0.800. The van der Waals surface area contributed by atoms with E-state index in [1.54, 1.807) is 0 Å². The Morgan fingerprint density at radius 2 is 2.29 bits per heavy atom. The summed E-state index contributed by atoms with van der Waals surface area (Å²) in [7, 11) is 4.09. The number of hydrogen-bond donors (Lipinski definition) is 2. The average molecular weight is 257 g/mol. The fourth-order valence-electron chi connectivity index (χ4n) is 2.27. The molecule has 0 spiro atoms. The molecular formula is C10H19N5OS. The van der Waals surface area contributed by atoms with Crippen LogP contribution in [0.1, 0.15) is 11.4 Å². The van der Waals surface area contributed by atoms with E-state index in [-0.39, 0.29) is 6.10 Å². The summed E-state index contributed by atoms with van der Waals surface area (Å²) < 4.78 is 0. The van der Waals surface area contributed by atoms with Crippen molar-refractivity contribution in [1.82, 2.24) is 20.0 Å². The molecule has 0 aliphatic carbocycles. The van der Waals surface area contributed by atoms with Crippen LogP contribution in [0.25, 0.3) is 0 Å². The summed E-state index contributed by atoms with van der Waals surface area (Å²) >= 11 is 1.42. The zero-order valence-electron chi connectivity index (χ0n) is 10.2. The van der Waals surface area contributed by atoms with Crippen LogP contribution in [0.4, 0.5) is 5.13 Å². The van der Waals surface area contributed by atoms with Crippen molar-refractivity contribution in [3.05, 3.63) is 5.01 Å². The number of nitrogens with two attached hydrogens (primary N) is 1. The average Bonchev–Trinajstić information content (AvgIpc) is 2.74. The van der Waals surface area contributed by atoms with Crippen LogP contribution in [0.3, 0.4) is 0 Å². The third-order valence-corrected chi connectivity index (χ3v) is 3.64. The van der Waals surface area contributed by atoms with E-state index in [1.807, 2.05) is 14.1 Å². The van der Waals surface area contributed by atoms with Crippen LogP contribution in [0.15, 0.2) is 0 Å². The molecule has 1 aromatic rings. The fourth-order valence-corrected chi connectivity index (χ4v) is 2.90. The Morgan fingerprint density at radius 1 is 1.53 bits per heavy atom. The Labute approximate surface area is 105 Å². The first-order valence-corrected chi connectivity index (χ1v) is 6.51. The minimum absolute atomic E-state index is 0.231. The summed E-state index contributed by atoms with van der Waals surface area (Å²) in [5.74, 6) is 0. The number of likely N-dealkylation sites (N-methyl/N-ethyl adjacent to an activating group) is 1. The summed E-state index contributed by atoms with van der Waals surface area (Å²) in [6.45, 7) is 2.38. The van der Waals surface area contributed by atoms with Crippen LogP contribution in [0.2, 0.25) is 0 Å². The Bertz CT molecular complexity index is 369. The van der Waals surface area contributed by atoms with Gasteiger partial charge < -0.3 is 15.7 Å². The number of rotatable bonds is 4. The maximum atomic E-state index is 9.75. The molecule has 1 saturated heterocycles. The monoisotopic (exact) mass is 257 g/mol. The molecular weight excluding hydrogens is 238 g/mol. The van der Waals surface area contributed by atoms with Crippen LogP contribution < -0.4 is 5.73 Å². The number of β-amino-alcohol motifs (C(OH)–C–C–N with tert-alkyl or cyclic N) is 1. The predicted octanol–water partition coefficient (Wildman–Crippen LogP) is -0.383. The van der Waals surface area contributed by atoms with E-state index < -0.39 is 0 Å². The molecule has 1 aliphatic heterocycles. The lowest BCUT2D eigenvalue weighted by molar-refractivity contribution is 0.169. The third-order valence-electron chi connectivity index (χ3n) is 2.90. The van der Waals surface area contributed by atoms with Crippen molar-refractivity contribution in [3.63, 3.8) is 0 Å². The number of likely N-dealkylation sites (tertiary alicyclic amines) is 1. The number of aliphatic hydroxyl groups excluding tert-OH is 1. The van der Waals surface area contributed by atoms with Crippen molar-refractivity contribution in [2.75, 3.05) is 32.9 Å². The van der Waals surface area contributed by atoms with Gasteiger partial charge >= 0.3 is 0 Å². The van der Waals surface area contributed by atoms with E-state index in [0.717, 1.165) is 24.5 Å². The molecule has 1 fully saturated rings. The highest BCUT2D eigenvalue weighted by atomic mass is 32.1. The van der Waals surface area contributed by atoms with Gasteiger partial charge in [-0.3, -0.25) is 4.90 Å². The first kappa shape index (κ1) is 12.7. The molecule has 1 aliphatic rings. The number of nitrogen functional groups attached to an aromatic ring is 1. The molecule has 0 saturated carbocycles. The summed E-state index contributed by atoms with van der Waals surface area (Å²) in [6.07, 6.45) is 0.595. The molecule has 1 aromatic heterocycles. The molecule has 6 nitrogen and oxygen atoms in total. The molecule has 3 N–H and O–H groups in total. The molecule has 0 aromatic carbocycles. The first-order chi connectivity index (χ1) is 8.04. The van der Waals surface area contributed by atoms with E-state index in [1.165, 1.54) is 11.3 Å². The van der Waals surface area contributed by atoms with Gasteiger partial charge in [0.1, 0.15) is 5.01 Å². The van der Waals surface area contributed by atoms with Gasteiger partial charge in [-0.05, 0) is 20.5 Å². The number of nitrogens with zero attached hydrogens (tertiary/aromatic N) is 4. The van der Waals surface area contributed by atoms with Crippen LogP contribution in [0, 0.1) is 0 Å². The summed E-state index contributed by atoms with van der Waals surface area (Å²) in [5, 5.41) is 19.0. The largest absolute Gasteiger partial charge is 0.392 e. The van der Waals surface area contributed by atoms with E-state index in [2.05, 4.69) is 20.0 Å². The summed E-state index contributed by atoms with van der Waals surface area (Å²) in [4.78, 5) is 4.40. The highest BCUT2D eigenvalue weighted by molar-refractivity contribution is 7.15. The first-order valence-electron chi connectivity index (χ1n) is 5.69. The lowest BCUT2D eigenvalue weighted by atomic mass is 10.2. The standard InChI is InChI=1S/C10H19N5OS/c1-14(2)4-7-3-8(16)5-15(7)6-9-12-13-10(11)17-9/h7-8,16H,3-6H2,1-2H3,(H2,11,13). The Hall–Kier alpha value is -0.760. The smallest absolute Gasteiger partial charge is 0.203 e. The Kier molecular flexibility index (Phi) is 3.93. The lowest BCUT2D eigenvalue weighted by Gasteiger charge is -2.25. The van der Waals surface area contributed by atoms with E-state index in [0.29, 0.717) is 17.7 Å². The van der Waals surface area contributed by atoms with Gasteiger partial charge in [-0.15, -0.1) is 10.2 Å². The van der Waals surface area contributed by atoms with Gasteiger partial charge in [-0.25, -0.2) is 0 Å². The van der Waals surface area contributed by atoms with Crippen LogP contribution in [-0.4, -0.2) is 64.4 Å². The van der Waals surface area contributed by atoms with Crippen LogP contribution in [-0.2, 0) is 6.54 Å². The minimum atomic E-state index is -0.231. The predicted molar refractivity (Wildman–Crippen MR) is 67.7 cm³/mol. The van der Waals surface area contributed by atoms with Crippen LogP contribution >= 0.6 is 11.3 Å². The van der Waals surface area contributed by atoms with Crippen molar-refractivity contribution in [2.24, 2.45) is 0 Å². The molecule has 0 bridgehead atoms. The number of aliphatic hydroxyl groups is 1. The summed E-state index contributed by atoms with van der Waals surface area (Å²) in [5.41, 5.74) is 5.56. The molecule has 0 amide bonds. The number of aromatic nitrogens is 2. The quantitative estimate of drug-likeness (QED) is 0.765. The van der Waals surface area contributed by atoms with E-state index in [4.69, 9.17) is 5.73 Å². The normalized spacial score (nSPS) is 25.9. The van der Waals surface area contributed by atoms with Crippen LogP contribution in [0.5, 0.6) is 0 Å². The molecule has 2 unspecified atom stereocenters.